The SMILES string of the molecule is CC1CCC(NS(=O)(=O)c2ccc(Br)c(F)c2)C1C. The van der Waals surface area contributed by atoms with Gasteiger partial charge in [0.2, 0.25) is 10.0 Å². The molecule has 106 valence electrons. The van der Waals surface area contributed by atoms with E-state index in [0.717, 1.165) is 18.9 Å². The summed E-state index contributed by atoms with van der Waals surface area (Å²) in [6.07, 6.45) is 1.85. The molecule has 0 spiro atoms. The van der Waals surface area contributed by atoms with Crippen LogP contribution >= 0.6 is 15.9 Å². The lowest BCUT2D eigenvalue weighted by molar-refractivity contribution is 0.402. The fourth-order valence-corrected chi connectivity index (χ4v) is 4.06. The van der Waals surface area contributed by atoms with E-state index in [2.05, 4.69) is 27.6 Å². The zero-order valence-corrected chi connectivity index (χ0v) is 13.3. The number of halogens is 2. The maximum atomic E-state index is 13.4. The zero-order valence-electron chi connectivity index (χ0n) is 10.9. The molecule has 1 N–H and O–H groups in total. The molecule has 0 radical (unpaired) electrons. The third kappa shape index (κ3) is 3.17. The highest BCUT2D eigenvalue weighted by Gasteiger charge is 2.33. The van der Waals surface area contributed by atoms with Crippen molar-refractivity contribution in [2.75, 3.05) is 0 Å². The molecule has 2 rings (SSSR count). The first-order chi connectivity index (χ1) is 8.81. The van der Waals surface area contributed by atoms with Crippen LogP contribution in [0.4, 0.5) is 4.39 Å². The minimum atomic E-state index is -3.65. The van der Waals surface area contributed by atoms with E-state index in [9.17, 15) is 12.8 Å². The Morgan fingerprint density at radius 3 is 2.53 bits per heavy atom. The molecule has 3 atom stereocenters. The van der Waals surface area contributed by atoms with Gasteiger partial charge < -0.3 is 0 Å². The lowest BCUT2D eigenvalue weighted by Gasteiger charge is -2.19. The van der Waals surface area contributed by atoms with Crippen molar-refractivity contribution in [3.63, 3.8) is 0 Å². The summed E-state index contributed by atoms with van der Waals surface area (Å²) < 4.78 is 40.8. The molecular weight excluding hydrogens is 333 g/mol. The standard InChI is InChI=1S/C13H17BrFNO2S/c1-8-3-6-13(9(8)2)16-19(17,18)10-4-5-11(14)12(15)7-10/h4-5,7-9,13,16H,3,6H2,1-2H3. The number of nitrogens with one attached hydrogen (secondary N) is 1. The molecule has 1 aromatic rings. The summed E-state index contributed by atoms with van der Waals surface area (Å²) >= 11 is 3.01. The lowest BCUT2D eigenvalue weighted by Crippen LogP contribution is -2.37. The van der Waals surface area contributed by atoms with Crippen LogP contribution in [0, 0.1) is 17.7 Å². The third-order valence-electron chi connectivity index (χ3n) is 3.97. The van der Waals surface area contributed by atoms with Crippen LogP contribution in [0.5, 0.6) is 0 Å². The first kappa shape index (κ1) is 14.9. The third-order valence-corrected chi connectivity index (χ3v) is 6.10. The Morgan fingerprint density at radius 1 is 1.32 bits per heavy atom. The predicted octanol–water partition coefficient (Wildman–Crippen LogP) is 3.30. The van der Waals surface area contributed by atoms with Crippen molar-refractivity contribution in [2.24, 2.45) is 11.8 Å². The summed E-state index contributed by atoms with van der Waals surface area (Å²) in [6.45, 7) is 4.17. The molecular formula is C13H17BrFNO2S. The molecule has 6 heteroatoms. The van der Waals surface area contributed by atoms with Gasteiger partial charge in [-0.1, -0.05) is 13.8 Å². The average Bonchev–Trinajstić information content (AvgIpc) is 2.64. The quantitative estimate of drug-likeness (QED) is 0.909. The van der Waals surface area contributed by atoms with Crippen molar-refractivity contribution >= 4 is 26.0 Å². The normalized spacial score (nSPS) is 27.7. The van der Waals surface area contributed by atoms with Crippen LogP contribution in [-0.2, 0) is 10.0 Å². The molecule has 0 saturated heterocycles. The van der Waals surface area contributed by atoms with Crippen molar-refractivity contribution in [2.45, 2.75) is 37.6 Å². The Bertz CT molecular complexity index is 576. The Hall–Kier alpha value is -0.460. The Kier molecular flexibility index (Phi) is 4.32. The number of hydrogen-bond acceptors (Lipinski definition) is 2. The highest BCUT2D eigenvalue weighted by Crippen LogP contribution is 2.32. The number of hydrogen-bond donors (Lipinski definition) is 1. The van der Waals surface area contributed by atoms with Crippen LogP contribution in [0.2, 0.25) is 0 Å². The number of rotatable bonds is 3. The topological polar surface area (TPSA) is 46.2 Å². The maximum absolute atomic E-state index is 13.4. The van der Waals surface area contributed by atoms with Crippen LogP contribution in [-0.4, -0.2) is 14.5 Å². The van der Waals surface area contributed by atoms with E-state index in [1.54, 1.807) is 0 Å². The highest BCUT2D eigenvalue weighted by molar-refractivity contribution is 9.10. The van der Waals surface area contributed by atoms with Crippen LogP contribution in [0.1, 0.15) is 26.7 Å². The molecule has 3 unspecified atom stereocenters. The molecule has 1 fully saturated rings. The van der Waals surface area contributed by atoms with Gasteiger partial charge in [0, 0.05) is 6.04 Å². The minimum Gasteiger partial charge on any atom is -0.208 e. The average molecular weight is 350 g/mol. The Morgan fingerprint density at radius 2 is 2.00 bits per heavy atom. The van der Waals surface area contributed by atoms with Gasteiger partial charge in [0.1, 0.15) is 5.82 Å². The first-order valence-electron chi connectivity index (χ1n) is 6.28. The van der Waals surface area contributed by atoms with Crippen molar-refractivity contribution in [1.82, 2.24) is 4.72 Å². The second-order valence-electron chi connectivity index (χ2n) is 5.22. The van der Waals surface area contributed by atoms with Crippen LogP contribution in [0.25, 0.3) is 0 Å². The van der Waals surface area contributed by atoms with Gasteiger partial charge >= 0.3 is 0 Å². The van der Waals surface area contributed by atoms with Gasteiger partial charge in [-0.2, -0.15) is 0 Å². The molecule has 1 saturated carbocycles. The van der Waals surface area contributed by atoms with E-state index in [-0.39, 0.29) is 15.4 Å². The smallest absolute Gasteiger partial charge is 0.208 e. The van der Waals surface area contributed by atoms with Crippen molar-refractivity contribution in [1.29, 1.82) is 0 Å². The van der Waals surface area contributed by atoms with Crippen LogP contribution < -0.4 is 4.72 Å². The summed E-state index contributed by atoms with van der Waals surface area (Å²) in [5.74, 6) is 0.236. The molecule has 0 aromatic heterocycles. The molecule has 0 aliphatic heterocycles. The monoisotopic (exact) mass is 349 g/mol. The number of benzene rings is 1. The van der Waals surface area contributed by atoms with E-state index < -0.39 is 15.8 Å². The molecule has 3 nitrogen and oxygen atoms in total. The molecule has 0 heterocycles. The summed E-state index contributed by atoms with van der Waals surface area (Å²) in [5.41, 5.74) is 0. The number of sulfonamides is 1. The van der Waals surface area contributed by atoms with Gasteiger partial charge in [0.25, 0.3) is 0 Å². The maximum Gasteiger partial charge on any atom is 0.240 e. The lowest BCUT2D eigenvalue weighted by atomic mass is 9.98. The predicted molar refractivity (Wildman–Crippen MR) is 75.8 cm³/mol. The second-order valence-corrected chi connectivity index (χ2v) is 7.79. The molecule has 19 heavy (non-hydrogen) atoms. The van der Waals surface area contributed by atoms with E-state index in [4.69, 9.17) is 0 Å². The zero-order chi connectivity index (χ0) is 14.2. The van der Waals surface area contributed by atoms with Gasteiger partial charge in [0.05, 0.1) is 9.37 Å². The molecule has 1 aliphatic rings. The molecule has 1 aromatic carbocycles. The second kappa shape index (κ2) is 5.50. The first-order valence-corrected chi connectivity index (χ1v) is 8.56. The van der Waals surface area contributed by atoms with Gasteiger partial charge in [0.15, 0.2) is 0 Å². The van der Waals surface area contributed by atoms with Gasteiger partial charge in [-0.3, -0.25) is 0 Å². The van der Waals surface area contributed by atoms with Gasteiger partial charge in [-0.15, -0.1) is 0 Å². The van der Waals surface area contributed by atoms with Crippen molar-refractivity contribution in [3.05, 3.63) is 28.5 Å². The van der Waals surface area contributed by atoms with Crippen molar-refractivity contribution in [3.8, 4) is 0 Å². The van der Waals surface area contributed by atoms with E-state index in [0.29, 0.717) is 11.8 Å². The van der Waals surface area contributed by atoms with E-state index in [1.807, 2.05) is 6.92 Å². The fraction of sp³-hybridized carbons (Fsp3) is 0.538. The van der Waals surface area contributed by atoms with E-state index in [1.165, 1.54) is 12.1 Å². The summed E-state index contributed by atoms with van der Waals surface area (Å²) in [7, 11) is -3.65. The Balaban J connectivity index is 2.21. The molecule has 0 bridgehead atoms. The minimum absolute atomic E-state index is 0.0278. The van der Waals surface area contributed by atoms with Crippen LogP contribution in [0.3, 0.4) is 0 Å². The largest absolute Gasteiger partial charge is 0.240 e. The van der Waals surface area contributed by atoms with Gasteiger partial charge in [-0.05, 0) is 58.8 Å². The molecule has 0 amide bonds. The Labute approximate surface area is 121 Å². The highest BCUT2D eigenvalue weighted by atomic mass is 79.9. The van der Waals surface area contributed by atoms with E-state index >= 15 is 0 Å². The van der Waals surface area contributed by atoms with Crippen LogP contribution in [0.15, 0.2) is 27.6 Å². The fourth-order valence-electron chi connectivity index (χ4n) is 2.44. The van der Waals surface area contributed by atoms with Gasteiger partial charge in [-0.25, -0.2) is 17.5 Å². The summed E-state index contributed by atoms with van der Waals surface area (Å²) in [5, 5.41) is 0. The van der Waals surface area contributed by atoms with Crippen molar-refractivity contribution < 1.29 is 12.8 Å². The molecule has 1 aliphatic carbocycles. The summed E-state index contributed by atoms with van der Waals surface area (Å²) in [6, 6.07) is 3.78. The summed E-state index contributed by atoms with van der Waals surface area (Å²) in [4.78, 5) is -0.0278.